The fourth-order valence-electron chi connectivity index (χ4n) is 3.42. The molecule has 0 bridgehead atoms. The van der Waals surface area contributed by atoms with E-state index in [0.29, 0.717) is 12.5 Å². The van der Waals surface area contributed by atoms with Crippen LogP contribution in [0.5, 0.6) is 0 Å². The quantitative estimate of drug-likeness (QED) is 0.390. The lowest BCUT2D eigenvalue weighted by Crippen LogP contribution is -2.36. The fourth-order valence-corrected chi connectivity index (χ4v) is 3.42. The van der Waals surface area contributed by atoms with Crippen molar-refractivity contribution in [2.24, 2.45) is 0 Å². The first-order valence-electron chi connectivity index (χ1n) is 9.33. The highest BCUT2D eigenvalue weighted by molar-refractivity contribution is 5.67. The SMILES string of the molecule is CC(O)C1CCC(CCCCCCCCCC(O)CC(=O)O)N1. The van der Waals surface area contributed by atoms with Crippen molar-refractivity contribution in [3.8, 4) is 0 Å². The Bertz CT molecular complexity index is 322. The van der Waals surface area contributed by atoms with Gasteiger partial charge in [0.15, 0.2) is 0 Å². The van der Waals surface area contributed by atoms with Gasteiger partial charge in [-0.15, -0.1) is 0 Å². The summed E-state index contributed by atoms with van der Waals surface area (Å²) in [6, 6.07) is 0.877. The summed E-state index contributed by atoms with van der Waals surface area (Å²) in [5, 5.41) is 31.1. The van der Waals surface area contributed by atoms with Crippen LogP contribution in [0.2, 0.25) is 0 Å². The van der Waals surface area contributed by atoms with Gasteiger partial charge in [-0.3, -0.25) is 4.79 Å². The maximum atomic E-state index is 10.4. The monoisotopic (exact) mass is 329 g/mol. The number of hydrogen-bond donors (Lipinski definition) is 4. The zero-order valence-corrected chi connectivity index (χ0v) is 14.5. The smallest absolute Gasteiger partial charge is 0.305 e. The number of nitrogens with one attached hydrogen (secondary N) is 1. The van der Waals surface area contributed by atoms with Gasteiger partial charge in [-0.1, -0.05) is 44.9 Å². The molecule has 4 unspecified atom stereocenters. The van der Waals surface area contributed by atoms with Gasteiger partial charge in [-0.05, 0) is 32.6 Å². The van der Waals surface area contributed by atoms with Gasteiger partial charge in [0, 0.05) is 12.1 Å². The molecule has 5 heteroatoms. The summed E-state index contributed by atoms with van der Waals surface area (Å²) >= 11 is 0. The third-order valence-electron chi connectivity index (χ3n) is 4.86. The molecule has 4 atom stereocenters. The lowest BCUT2D eigenvalue weighted by atomic mass is 10.0. The zero-order chi connectivity index (χ0) is 17.1. The topological polar surface area (TPSA) is 89.8 Å². The molecular weight excluding hydrogens is 294 g/mol. The summed E-state index contributed by atoms with van der Waals surface area (Å²) in [6.45, 7) is 1.86. The van der Waals surface area contributed by atoms with Gasteiger partial charge in [-0.25, -0.2) is 0 Å². The first-order chi connectivity index (χ1) is 11.0. The lowest BCUT2D eigenvalue weighted by molar-refractivity contribution is -0.139. The van der Waals surface area contributed by atoms with Gasteiger partial charge in [0.05, 0.1) is 18.6 Å². The van der Waals surface area contributed by atoms with Crippen LogP contribution in [0.15, 0.2) is 0 Å². The number of carboxylic acid groups (broad SMARTS) is 1. The van der Waals surface area contributed by atoms with Crippen LogP contribution in [0.1, 0.15) is 84.0 Å². The van der Waals surface area contributed by atoms with Crippen LogP contribution in [-0.4, -0.2) is 45.6 Å². The predicted octanol–water partition coefficient (Wildman–Crippen LogP) is 2.83. The van der Waals surface area contributed by atoms with Crippen LogP contribution < -0.4 is 5.32 Å². The number of rotatable bonds is 13. The largest absolute Gasteiger partial charge is 0.481 e. The molecule has 0 aromatic heterocycles. The molecule has 0 saturated carbocycles. The van der Waals surface area contributed by atoms with Crippen molar-refractivity contribution in [3.05, 3.63) is 0 Å². The molecule has 0 aliphatic carbocycles. The number of aliphatic hydroxyl groups excluding tert-OH is 2. The van der Waals surface area contributed by atoms with Crippen LogP contribution >= 0.6 is 0 Å². The standard InChI is InChI=1S/C18H35NO4/c1-14(20)17-12-11-15(19-17)9-7-5-3-2-4-6-8-10-16(21)13-18(22)23/h14-17,19-21H,2-13H2,1H3,(H,22,23). The van der Waals surface area contributed by atoms with Gasteiger partial charge in [0.25, 0.3) is 0 Å². The lowest BCUT2D eigenvalue weighted by Gasteiger charge is -2.16. The van der Waals surface area contributed by atoms with Crippen molar-refractivity contribution in [1.82, 2.24) is 5.32 Å². The molecule has 1 saturated heterocycles. The molecule has 0 radical (unpaired) electrons. The number of hydrogen-bond acceptors (Lipinski definition) is 4. The van der Waals surface area contributed by atoms with Crippen LogP contribution in [0, 0.1) is 0 Å². The molecule has 23 heavy (non-hydrogen) atoms. The van der Waals surface area contributed by atoms with E-state index in [1.165, 1.54) is 44.9 Å². The number of carboxylic acids is 1. The van der Waals surface area contributed by atoms with Crippen molar-refractivity contribution in [1.29, 1.82) is 0 Å². The number of aliphatic carboxylic acids is 1. The molecule has 5 nitrogen and oxygen atoms in total. The van der Waals surface area contributed by atoms with E-state index in [4.69, 9.17) is 5.11 Å². The average molecular weight is 329 g/mol. The molecule has 1 fully saturated rings. The maximum absolute atomic E-state index is 10.4. The van der Waals surface area contributed by atoms with Gasteiger partial charge >= 0.3 is 5.97 Å². The fraction of sp³-hybridized carbons (Fsp3) is 0.944. The molecule has 4 N–H and O–H groups in total. The normalized spacial score (nSPS) is 23.8. The molecule has 0 spiro atoms. The third kappa shape index (κ3) is 9.95. The van der Waals surface area contributed by atoms with Crippen molar-refractivity contribution >= 4 is 5.97 Å². The van der Waals surface area contributed by atoms with Crippen LogP contribution in [-0.2, 0) is 4.79 Å². The highest BCUT2D eigenvalue weighted by Crippen LogP contribution is 2.20. The van der Waals surface area contributed by atoms with E-state index in [9.17, 15) is 15.0 Å². The number of aliphatic hydroxyl groups is 2. The van der Waals surface area contributed by atoms with E-state index in [1.54, 1.807) is 0 Å². The molecule has 1 heterocycles. The molecule has 1 aliphatic rings. The van der Waals surface area contributed by atoms with Crippen LogP contribution in [0.4, 0.5) is 0 Å². The van der Waals surface area contributed by atoms with Crippen molar-refractivity contribution < 1.29 is 20.1 Å². The van der Waals surface area contributed by atoms with Gasteiger partial charge in [0.2, 0.25) is 0 Å². The number of carbonyl (C=O) groups is 1. The molecule has 0 aromatic carbocycles. The van der Waals surface area contributed by atoms with E-state index in [2.05, 4.69) is 5.32 Å². The minimum absolute atomic E-state index is 0.134. The molecule has 0 amide bonds. The Morgan fingerprint density at radius 2 is 1.65 bits per heavy atom. The summed E-state index contributed by atoms with van der Waals surface area (Å²) in [5.74, 6) is -0.922. The second-order valence-corrected chi connectivity index (χ2v) is 7.09. The zero-order valence-electron chi connectivity index (χ0n) is 14.5. The third-order valence-corrected chi connectivity index (χ3v) is 4.86. The Balaban J connectivity index is 1.84. The molecular formula is C18H35NO4. The Morgan fingerprint density at radius 1 is 1.04 bits per heavy atom. The Kier molecular flexibility index (Phi) is 10.5. The molecule has 1 rings (SSSR count). The predicted molar refractivity (Wildman–Crippen MR) is 91.4 cm³/mol. The minimum Gasteiger partial charge on any atom is -0.481 e. The first kappa shape index (κ1) is 20.4. The summed E-state index contributed by atoms with van der Waals surface area (Å²) in [5.41, 5.74) is 0. The first-order valence-corrected chi connectivity index (χ1v) is 9.33. The highest BCUT2D eigenvalue weighted by atomic mass is 16.4. The van der Waals surface area contributed by atoms with E-state index in [-0.39, 0.29) is 18.6 Å². The summed E-state index contributed by atoms with van der Waals surface area (Å²) in [4.78, 5) is 10.4. The van der Waals surface area contributed by atoms with Crippen LogP contribution in [0.25, 0.3) is 0 Å². The van der Waals surface area contributed by atoms with Crippen molar-refractivity contribution in [2.75, 3.05) is 0 Å². The molecule has 136 valence electrons. The van der Waals surface area contributed by atoms with Crippen molar-refractivity contribution in [2.45, 2.75) is 108 Å². The molecule has 1 aliphatic heterocycles. The van der Waals surface area contributed by atoms with E-state index < -0.39 is 12.1 Å². The van der Waals surface area contributed by atoms with Gasteiger partial charge < -0.3 is 20.6 Å². The minimum atomic E-state index is -0.922. The van der Waals surface area contributed by atoms with E-state index in [0.717, 1.165) is 19.3 Å². The van der Waals surface area contributed by atoms with Gasteiger partial charge in [0.1, 0.15) is 0 Å². The summed E-state index contributed by atoms with van der Waals surface area (Å²) in [6.07, 6.45) is 11.2. The Hall–Kier alpha value is -0.650. The average Bonchev–Trinajstić information content (AvgIpc) is 2.93. The summed E-state index contributed by atoms with van der Waals surface area (Å²) in [7, 11) is 0. The van der Waals surface area contributed by atoms with E-state index >= 15 is 0 Å². The van der Waals surface area contributed by atoms with Gasteiger partial charge in [-0.2, -0.15) is 0 Å². The second-order valence-electron chi connectivity index (χ2n) is 7.09. The van der Waals surface area contributed by atoms with Crippen molar-refractivity contribution in [3.63, 3.8) is 0 Å². The maximum Gasteiger partial charge on any atom is 0.305 e. The molecule has 0 aromatic rings. The Morgan fingerprint density at radius 3 is 2.22 bits per heavy atom. The Labute approximate surface area is 140 Å². The summed E-state index contributed by atoms with van der Waals surface area (Å²) < 4.78 is 0. The second kappa shape index (κ2) is 11.8. The van der Waals surface area contributed by atoms with Crippen LogP contribution in [0.3, 0.4) is 0 Å². The number of unbranched alkanes of at least 4 members (excludes halogenated alkanes) is 6. The van der Waals surface area contributed by atoms with E-state index in [1.807, 2.05) is 6.92 Å². The highest BCUT2D eigenvalue weighted by Gasteiger charge is 2.25.